The first kappa shape index (κ1) is 28.5. The van der Waals surface area contributed by atoms with Crippen molar-refractivity contribution in [2.24, 2.45) is 21.8 Å². The molecule has 4 aliphatic rings. The highest BCUT2D eigenvalue weighted by atomic mass is 32.2. The van der Waals surface area contributed by atoms with Gasteiger partial charge >= 0.3 is 5.97 Å². The van der Waals surface area contributed by atoms with Crippen LogP contribution in [-0.4, -0.2) is 130 Å². The van der Waals surface area contributed by atoms with Gasteiger partial charge in [0.2, 0.25) is 0 Å². The van der Waals surface area contributed by atoms with Gasteiger partial charge in [-0.15, -0.1) is 0 Å². The molecule has 0 aliphatic carbocycles. The van der Waals surface area contributed by atoms with E-state index in [1.54, 1.807) is 11.8 Å². The normalized spacial score (nSPS) is 39.9. The van der Waals surface area contributed by atoms with Crippen molar-refractivity contribution in [3.8, 4) is 0 Å². The Morgan fingerprint density at radius 2 is 1.43 bits per heavy atom. The fourth-order valence-electron chi connectivity index (χ4n) is 4.21. The molecule has 4 rings (SSSR count). The summed E-state index contributed by atoms with van der Waals surface area (Å²) in [6.07, 6.45) is -2.84. The summed E-state index contributed by atoms with van der Waals surface area (Å²) in [7, 11) is 7.70. The molecule has 200 valence electrons. The second-order valence-electron chi connectivity index (χ2n) is 9.60. The van der Waals surface area contributed by atoms with Gasteiger partial charge in [0.05, 0.1) is 18.8 Å². The SMILES string of the molecule is CC(=O)OC[C@H]1O[C@@H]2SC(N(C)C)=N[C@@H]2[C@@H](C)[C@@H]1C.CN(C)C1=N[C@@H]2[C@@H](O)[C@H](O)[C@@H](CO)O[C@@H]2S1. The van der Waals surface area contributed by atoms with Gasteiger partial charge in [0.1, 0.15) is 41.8 Å². The molecular formula is C22H38N4O7S2. The molecule has 0 bridgehead atoms. The van der Waals surface area contributed by atoms with Crippen molar-refractivity contribution in [1.29, 1.82) is 0 Å². The highest BCUT2D eigenvalue weighted by molar-refractivity contribution is 8.14. The van der Waals surface area contributed by atoms with Gasteiger partial charge in [-0.25, -0.2) is 0 Å². The molecule has 35 heavy (non-hydrogen) atoms. The second-order valence-corrected chi connectivity index (χ2v) is 11.7. The summed E-state index contributed by atoms with van der Waals surface area (Å²) in [5, 5.41) is 30.4. The highest BCUT2D eigenvalue weighted by Gasteiger charge is 2.48. The Morgan fingerprint density at radius 1 is 0.914 bits per heavy atom. The zero-order valence-electron chi connectivity index (χ0n) is 21.3. The van der Waals surface area contributed by atoms with Crippen molar-refractivity contribution in [3.05, 3.63) is 0 Å². The van der Waals surface area contributed by atoms with Crippen LogP contribution in [-0.2, 0) is 19.0 Å². The molecular weight excluding hydrogens is 496 g/mol. The number of carbonyl (C=O) groups excluding carboxylic acids is 1. The average molecular weight is 535 g/mol. The third kappa shape index (κ3) is 6.43. The Kier molecular flexibility index (Phi) is 9.74. The number of aliphatic hydroxyl groups is 3. The van der Waals surface area contributed by atoms with Crippen LogP contribution in [0.4, 0.5) is 0 Å². The van der Waals surface area contributed by atoms with Crippen LogP contribution in [0.5, 0.6) is 0 Å². The lowest BCUT2D eigenvalue weighted by Gasteiger charge is -2.40. The first-order valence-corrected chi connectivity index (χ1v) is 13.4. The summed E-state index contributed by atoms with van der Waals surface area (Å²) in [4.78, 5) is 23.8. The maximum atomic E-state index is 10.9. The van der Waals surface area contributed by atoms with E-state index in [0.717, 1.165) is 10.3 Å². The van der Waals surface area contributed by atoms with Crippen molar-refractivity contribution in [3.63, 3.8) is 0 Å². The quantitative estimate of drug-likeness (QED) is 0.423. The third-order valence-electron chi connectivity index (χ3n) is 6.57. The minimum atomic E-state index is -1.09. The lowest BCUT2D eigenvalue weighted by Crippen LogP contribution is -2.55. The third-order valence-corrected chi connectivity index (χ3v) is 9.18. The summed E-state index contributed by atoms with van der Waals surface area (Å²) in [5.41, 5.74) is -0.280. The number of thioether (sulfide) groups is 2. The van der Waals surface area contributed by atoms with Gasteiger partial charge in [-0.1, -0.05) is 37.4 Å². The Hall–Kier alpha value is -1.09. The van der Waals surface area contributed by atoms with Gasteiger partial charge < -0.3 is 39.3 Å². The van der Waals surface area contributed by atoms with Crippen LogP contribution in [0.25, 0.3) is 0 Å². The van der Waals surface area contributed by atoms with E-state index in [1.165, 1.54) is 18.7 Å². The number of hydrogen-bond acceptors (Lipinski definition) is 13. The monoisotopic (exact) mass is 534 g/mol. The van der Waals surface area contributed by atoms with Crippen molar-refractivity contribution >= 4 is 39.8 Å². The van der Waals surface area contributed by atoms with E-state index in [-0.39, 0.29) is 35.6 Å². The molecule has 4 aliphatic heterocycles. The summed E-state index contributed by atoms with van der Waals surface area (Å²) in [6.45, 7) is 5.80. The molecule has 0 aromatic heterocycles. The predicted molar refractivity (Wildman–Crippen MR) is 136 cm³/mol. The van der Waals surface area contributed by atoms with Gasteiger partial charge in [-0.05, 0) is 11.8 Å². The molecule has 13 heteroatoms. The summed E-state index contributed by atoms with van der Waals surface area (Å²) < 4.78 is 16.7. The number of aliphatic hydroxyl groups excluding tert-OH is 3. The van der Waals surface area contributed by atoms with Crippen LogP contribution < -0.4 is 0 Å². The van der Waals surface area contributed by atoms with Crippen LogP contribution in [0.3, 0.4) is 0 Å². The predicted octanol–water partition coefficient (Wildman–Crippen LogP) is 0.0380. The number of hydrogen-bond donors (Lipinski definition) is 3. The molecule has 0 aromatic rings. The van der Waals surface area contributed by atoms with Crippen LogP contribution in [0, 0.1) is 11.8 Å². The topological polar surface area (TPSA) is 137 Å². The maximum Gasteiger partial charge on any atom is 0.302 e. The summed E-state index contributed by atoms with van der Waals surface area (Å²) >= 11 is 3.06. The molecule has 11 nitrogen and oxygen atoms in total. The minimum Gasteiger partial charge on any atom is -0.463 e. The number of aliphatic imine (C=N–C) groups is 2. The van der Waals surface area contributed by atoms with Gasteiger partial charge in [0, 0.05) is 35.1 Å². The Balaban J connectivity index is 0.000000198. The zero-order chi connectivity index (χ0) is 26.0. The van der Waals surface area contributed by atoms with E-state index in [9.17, 15) is 15.0 Å². The molecule has 0 radical (unpaired) electrons. The number of esters is 1. The molecule has 3 N–H and O–H groups in total. The van der Waals surface area contributed by atoms with Crippen molar-refractivity contribution in [2.45, 2.75) is 68.1 Å². The molecule has 0 saturated carbocycles. The Bertz CT molecular complexity index is 815. The second kappa shape index (κ2) is 12.0. The van der Waals surface area contributed by atoms with Crippen molar-refractivity contribution in [1.82, 2.24) is 9.80 Å². The van der Waals surface area contributed by atoms with Gasteiger partial charge in [-0.3, -0.25) is 14.8 Å². The van der Waals surface area contributed by atoms with Crippen LogP contribution >= 0.6 is 23.5 Å². The molecule has 0 unspecified atom stereocenters. The van der Waals surface area contributed by atoms with Gasteiger partial charge in [-0.2, -0.15) is 0 Å². The van der Waals surface area contributed by atoms with Crippen molar-refractivity contribution in [2.75, 3.05) is 41.4 Å². The summed E-state index contributed by atoms with van der Waals surface area (Å²) in [5.74, 6) is 0.491. The van der Waals surface area contributed by atoms with E-state index in [0.29, 0.717) is 18.4 Å². The fraction of sp³-hybridized carbons (Fsp3) is 0.864. The van der Waals surface area contributed by atoms with Crippen LogP contribution in [0.1, 0.15) is 20.8 Å². The zero-order valence-corrected chi connectivity index (χ0v) is 22.9. The largest absolute Gasteiger partial charge is 0.463 e. The standard InChI is InChI=1S/C13H22N2O3S.C9H16N2O4S/c1-7-8(2)11-12(19-13(14-11)15(4)5)18-10(7)6-17-9(3)16;1-11(2)9-10-5-7(14)6(13)4(3-12)15-8(5)16-9/h7-8,10-12H,6H2,1-5H3;4-8,12-14H,3H2,1-2H3/t7-,8-,10+,11+,12+;4-,5-,6-,7-,8-/m01/s1. The fourth-order valence-corrected chi connectivity index (χ4v) is 6.62. The first-order valence-electron chi connectivity index (χ1n) is 11.7. The lowest BCUT2D eigenvalue weighted by molar-refractivity contribution is -0.164. The number of fused-ring (bicyclic) bond motifs is 2. The molecule has 4 heterocycles. The first-order chi connectivity index (χ1) is 16.4. The van der Waals surface area contributed by atoms with Gasteiger partial charge in [0.15, 0.2) is 10.3 Å². The van der Waals surface area contributed by atoms with Crippen molar-refractivity contribution < 1.29 is 34.3 Å². The number of rotatable bonds is 3. The molecule has 2 fully saturated rings. The number of amidine groups is 2. The van der Waals surface area contributed by atoms with E-state index in [2.05, 4.69) is 18.8 Å². The molecule has 0 spiro atoms. The average Bonchev–Trinajstić information content (AvgIpc) is 3.43. The number of ether oxygens (including phenoxy) is 3. The van der Waals surface area contributed by atoms with E-state index in [4.69, 9.17) is 24.3 Å². The molecule has 10 atom stereocenters. The summed E-state index contributed by atoms with van der Waals surface area (Å²) in [6, 6.07) is -0.258. The Morgan fingerprint density at radius 3 is 1.94 bits per heavy atom. The Labute approximate surface area is 215 Å². The minimum absolute atomic E-state index is 0.0376. The van der Waals surface area contributed by atoms with Gasteiger partial charge in [0.25, 0.3) is 0 Å². The number of nitrogens with zero attached hydrogens (tertiary/aromatic N) is 4. The van der Waals surface area contributed by atoms with Crippen LogP contribution in [0.2, 0.25) is 0 Å². The molecule has 2 saturated heterocycles. The molecule has 0 aromatic carbocycles. The highest BCUT2D eigenvalue weighted by Crippen LogP contribution is 2.42. The van der Waals surface area contributed by atoms with Crippen LogP contribution in [0.15, 0.2) is 9.98 Å². The maximum absolute atomic E-state index is 10.9. The lowest BCUT2D eigenvalue weighted by atomic mass is 9.83. The van der Waals surface area contributed by atoms with E-state index < -0.39 is 24.4 Å². The number of carbonyl (C=O) groups is 1. The molecule has 0 amide bonds. The smallest absolute Gasteiger partial charge is 0.302 e. The van der Waals surface area contributed by atoms with E-state index >= 15 is 0 Å². The van der Waals surface area contributed by atoms with E-state index in [1.807, 2.05) is 38.0 Å².